The molecule has 2 nitrogen and oxygen atoms in total. The van der Waals surface area contributed by atoms with Gasteiger partial charge < -0.3 is 10.5 Å². The van der Waals surface area contributed by atoms with Crippen LogP contribution in [-0.4, -0.2) is 6.10 Å². The van der Waals surface area contributed by atoms with Gasteiger partial charge in [0.2, 0.25) is 0 Å². The van der Waals surface area contributed by atoms with Crippen molar-refractivity contribution in [2.45, 2.75) is 39.5 Å². The molecule has 0 aromatic heterocycles. The van der Waals surface area contributed by atoms with Crippen molar-refractivity contribution in [3.63, 3.8) is 0 Å². The molecule has 0 amide bonds. The van der Waals surface area contributed by atoms with Gasteiger partial charge in [0.15, 0.2) is 0 Å². The van der Waals surface area contributed by atoms with Crippen LogP contribution < -0.4 is 5.73 Å². The predicted octanol–water partition coefficient (Wildman–Crippen LogP) is 2.22. The molecule has 1 aliphatic heterocycles. The summed E-state index contributed by atoms with van der Waals surface area (Å²) in [5.74, 6) is 0. The first-order chi connectivity index (χ1) is 6.61. The van der Waals surface area contributed by atoms with Crippen molar-refractivity contribution >= 4 is 0 Å². The van der Waals surface area contributed by atoms with Gasteiger partial charge in [-0.05, 0) is 43.0 Å². The lowest BCUT2D eigenvalue weighted by Gasteiger charge is -2.30. The molecule has 2 atom stereocenters. The molecule has 0 radical (unpaired) electrons. The van der Waals surface area contributed by atoms with Gasteiger partial charge in [0.25, 0.3) is 0 Å². The van der Waals surface area contributed by atoms with Crippen molar-refractivity contribution in [3.05, 3.63) is 34.4 Å². The van der Waals surface area contributed by atoms with Crippen LogP contribution in [-0.2, 0) is 11.3 Å². The lowest BCUT2D eigenvalue weighted by Crippen LogP contribution is -2.32. The molecule has 0 saturated heterocycles. The van der Waals surface area contributed by atoms with Gasteiger partial charge in [-0.15, -0.1) is 0 Å². The zero-order valence-corrected chi connectivity index (χ0v) is 9.00. The topological polar surface area (TPSA) is 35.2 Å². The maximum absolute atomic E-state index is 6.13. The number of aryl methyl sites for hydroxylation is 1. The van der Waals surface area contributed by atoms with E-state index >= 15 is 0 Å². The average molecular weight is 191 g/mol. The Morgan fingerprint density at radius 2 is 2.07 bits per heavy atom. The number of nitrogens with two attached hydrogens (primary N) is 1. The molecule has 0 saturated carbocycles. The third-order valence-corrected chi connectivity index (χ3v) is 3.22. The van der Waals surface area contributed by atoms with Crippen molar-refractivity contribution in [2.75, 3.05) is 0 Å². The lowest BCUT2D eigenvalue weighted by molar-refractivity contribution is 0.0211. The smallest absolute Gasteiger partial charge is 0.0744 e. The highest BCUT2D eigenvalue weighted by Crippen LogP contribution is 2.31. The molecule has 2 rings (SSSR count). The van der Waals surface area contributed by atoms with Gasteiger partial charge in [-0.25, -0.2) is 0 Å². The van der Waals surface area contributed by atoms with Gasteiger partial charge >= 0.3 is 0 Å². The van der Waals surface area contributed by atoms with E-state index in [1.54, 1.807) is 0 Å². The summed E-state index contributed by atoms with van der Waals surface area (Å²) in [5.41, 5.74) is 11.3. The van der Waals surface area contributed by atoms with Gasteiger partial charge in [-0.2, -0.15) is 0 Å². The Bertz CT molecular complexity index is 360. The Balaban J connectivity index is 2.56. The highest BCUT2D eigenvalue weighted by Gasteiger charge is 2.25. The number of benzene rings is 1. The first kappa shape index (κ1) is 9.69. The molecule has 2 heteroatoms. The second-order valence-corrected chi connectivity index (χ2v) is 4.12. The number of hydrogen-bond acceptors (Lipinski definition) is 2. The SMILES string of the molecule is Cc1ccc2c(c1C)[C@H](N)[C@@H](C)OC2. The minimum atomic E-state index is 0.0265. The van der Waals surface area contributed by atoms with E-state index in [0.29, 0.717) is 6.61 Å². The molecule has 1 aromatic carbocycles. The van der Waals surface area contributed by atoms with Crippen LogP contribution in [0.1, 0.15) is 35.2 Å². The van der Waals surface area contributed by atoms with Gasteiger partial charge in [0.1, 0.15) is 0 Å². The van der Waals surface area contributed by atoms with Crippen molar-refractivity contribution in [2.24, 2.45) is 5.73 Å². The third-order valence-electron chi connectivity index (χ3n) is 3.22. The molecular formula is C12H17NO. The Hall–Kier alpha value is -0.860. The highest BCUT2D eigenvalue weighted by molar-refractivity contribution is 5.42. The fourth-order valence-corrected chi connectivity index (χ4v) is 2.04. The molecule has 0 unspecified atom stereocenters. The van der Waals surface area contributed by atoms with E-state index in [9.17, 15) is 0 Å². The summed E-state index contributed by atoms with van der Waals surface area (Å²) in [6.45, 7) is 7.01. The first-order valence-electron chi connectivity index (χ1n) is 5.07. The first-order valence-corrected chi connectivity index (χ1v) is 5.07. The predicted molar refractivity (Wildman–Crippen MR) is 57.1 cm³/mol. The molecule has 1 aliphatic rings. The monoisotopic (exact) mass is 191 g/mol. The van der Waals surface area contributed by atoms with Crippen LogP contribution in [0.25, 0.3) is 0 Å². The van der Waals surface area contributed by atoms with E-state index in [1.165, 1.54) is 22.3 Å². The average Bonchev–Trinajstić information content (AvgIpc) is 2.17. The Morgan fingerprint density at radius 3 is 2.79 bits per heavy atom. The fourth-order valence-electron chi connectivity index (χ4n) is 2.04. The van der Waals surface area contributed by atoms with Gasteiger partial charge in [0, 0.05) is 0 Å². The van der Waals surface area contributed by atoms with Crippen LogP contribution in [0, 0.1) is 13.8 Å². The second-order valence-electron chi connectivity index (χ2n) is 4.12. The van der Waals surface area contributed by atoms with E-state index in [0.717, 1.165) is 0 Å². The van der Waals surface area contributed by atoms with Crippen LogP contribution in [0.3, 0.4) is 0 Å². The molecule has 76 valence electrons. The third kappa shape index (κ3) is 1.35. The zero-order chi connectivity index (χ0) is 10.3. The Kier molecular flexibility index (Phi) is 2.33. The van der Waals surface area contributed by atoms with Gasteiger partial charge in [-0.1, -0.05) is 12.1 Å². The standard InChI is InChI=1S/C12H17NO/c1-7-4-5-10-6-14-9(3)12(13)11(10)8(7)2/h4-5,9,12H,6,13H2,1-3H3/t9-,12-/m1/s1. The Labute approximate surface area is 85.1 Å². The van der Waals surface area contributed by atoms with Crippen molar-refractivity contribution < 1.29 is 4.74 Å². The summed E-state index contributed by atoms with van der Waals surface area (Å²) in [7, 11) is 0. The molecular weight excluding hydrogens is 174 g/mol. The maximum Gasteiger partial charge on any atom is 0.0744 e. The fraction of sp³-hybridized carbons (Fsp3) is 0.500. The quantitative estimate of drug-likeness (QED) is 0.682. The number of hydrogen-bond donors (Lipinski definition) is 1. The highest BCUT2D eigenvalue weighted by atomic mass is 16.5. The molecule has 0 bridgehead atoms. The van der Waals surface area contributed by atoms with Crippen LogP contribution in [0.4, 0.5) is 0 Å². The maximum atomic E-state index is 6.13. The van der Waals surface area contributed by atoms with E-state index in [1.807, 2.05) is 6.92 Å². The molecule has 14 heavy (non-hydrogen) atoms. The summed E-state index contributed by atoms with van der Waals surface area (Å²) in [5, 5.41) is 0. The largest absolute Gasteiger partial charge is 0.372 e. The number of rotatable bonds is 0. The van der Waals surface area contributed by atoms with Crippen molar-refractivity contribution in [1.29, 1.82) is 0 Å². The van der Waals surface area contributed by atoms with Crippen LogP contribution in [0.5, 0.6) is 0 Å². The van der Waals surface area contributed by atoms with E-state index in [2.05, 4.69) is 26.0 Å². The summed E-state index contributed by atoms with van der Waals surface area (Å²) in [4.78, 5) is 0. The molecule has 2 N–H and O–H groups in total. The van der Waals surface area contributed by atoms with E-state index in [-0.39, 0.29) is 12.1 Å². The summed E-state index contributed by atoms with van der Waals surface area (Å²) < 4.78 is 5.59. The van der Waals surface area contributed by atoms with Crippen LogP contribution in [0.2, 0.25) is 0 Å². The van der Waals surface area contributed by atoms with E-state index < -0.39 is 0 Å². The number of ether oxygens (including phenoxy) is 1. The van der Waals surface area contributed by atoms with Crippen molar-refractivity contribution in [1.82, 2.24) is 0 Å². The Morgan fingerprint density at radius 1 is 1.36 bits per heavy atom. The van der Waals surface area contributed by atoms with Crippen LogP contribution in [0.15, 0.2) is 12.1 Å². The summed E-state index contributed by atoms with van der Waals surface area (Å²) in [6, 6.07) is 4.29. The second kappa shape index (κ2) is 3.37. The molecule has 0 spiro atoms. The molecule has 0 aliphatic carbocycles. The molecule has 1 aromatic rings. The summed E-state index contributed by atoms with van der Waals surface area (Å²) in [6.07, 6.45) is 0.128. The molecule has 0 fully saturated rings. The van der Waals surface area contributed by atoms with Gasteiger partial charge in [0.05, 0.1) is 18.8 Å². The molecule has 1 heterocycles. The van der Waals surface area contributed by atoms with Crippen LogP contribution >= 0.6 is 0 Å². The van der Waals surface area contributed by atoms with E-state index in [4.69, 9.17) is 10.5 Å². The lowest BCUT2D eigenvalue weighted by atomic mass is 9.89. The zero-order valence-electron chi connectivity index (χ0n) is 9.00. The number of fused-ring (bicyclic) bond motifs is 1. The minimum absolute atomic E-state index is 0.0265. The van der Waals surface area contributed by atoms with Crippen molar-refractivity contribution in [3.8, 4) is 0 Å². The summed E-state index contributed by atoms with van der Waals surface area (Å²) >= 11 is 0. The minimum Gasteiger partial charge on any atom is -0.372 e. The normalized spacial score (nSPS) is 26.0. The van der Waals surface area contributed by atoms with Gasteiger partial charge in [-0.3, -0.25) is 0 Å².